The zero-order chi connectivity index (χ0) is 22.0. The molecule has 0 saturated carbocycles. The fourth-order valence-corrected chi connectivity index (χ4v) is 8.72. The average molecular weight is 535 g/mol. The first-order valence-electron chi connectivity index (χ1n) is 10.1. The molecule has 30 heavy (non-hydrogen) atoms. The van der Waals surface area contributed by atoms with Gasteiger partial charge in [0.1, 0.15) is 0 Å². The molecule has 0 amide bonds. The Bertz CT molecular complexity index is 802. The third-order valence-corrected chi connectivity index (χ3v) is 10.7. The van der Waals surface area contributed by atoms with E-state index in [4.69, 9.17) is 9.16 Å². The smallest absolute Gasteiger partial charge is 0.330 e. The highest BCUT2D eigenvalue weighted by molar-refractivity contribution is 14.1. The standard InChI is InChI=1S/C25H31IO3Si/c1-25(2,3)30(22-15-7-5-8-16-22,23-17-9-6-10-18-23)29-21(14-12-20-26)13-11-19-24(27)28-4/h5-12,15-21H,13-14H2,1-4H3/b19-11+,20-12+/t21-/m0/s1. The number of esters is 1. The van der Waals surface area contributed by atoms with Gasteiger partial charge in [0.15, 0.2) is 0 Å². The Kier molecular flexibility index (Phi) is 9.52. The molecule has 2 rings (SSSR count). The number of methoxy groups -OCH3 is 1. The Morgan fingerprint density at radius 2 is 1.47 bits per heavy atom. The summed E-state index contributed by atoms with van der Waals surface area (Å²) < 4.78 is 13.9. The number of hydrogen-bond acceptors (Lipinski definition) is 3. The van der Waals surface area contributed by atoms with E-state index < -0.39 is 8.32 Å². The average Bonchev–Trinajstić information content (AvgIpc) is 2.75. The molecule has 2 aromatic rings. The molecule has 0 fully saturated rings. The van der Waals surface area contributed by atoms with Crippen molar-refractivity contribution in [3.8, 4) is 0 Å². The van der Waals surface area contributed by atoms with E-state index in [-0.39, 0.29) is 17.1 Å². The molecule has 0 radical (unpaired) electrons. The zero-order valence-corrected chi connectivity index (χ0v) is 21.3. The number of ether oxygens (including phenoxy) is 1. The summed E-state index contributed by atoms with van der Waals surface area (Å²) in [4.78, 5) is 11.5. The van der Waals surface area contributed by atoms with Crippen molar-refractivity contribution in [1.82, 2.24) is 0 Å². The van der Waals surface area contributed by atoms with Gasteiger partial charge in [0.05, 0.1) is 13.2 Å². The highest BCUT2D eigenvalue weighted by atomic mass is 127. The van der Waals surface area contributed by atoms with Crippen LogP contribution in [0.2, 0.25) is 5.04 Å². The van der Waals surface area contributed by atoms with Gasteiger partial charge < -0.3 is 9.16 Å². The first-order valence-corrected chi connectivity index (χ1v) is 13.3. The Balaban J connectivity index is 2.56. The van der Waals surface area contributed by atoms with Crippen molar-refractivity contribution in [2.24, 2.45) is 0 Å². The van der Waals surface area contributed by atoms with Crippen LogP contribution < -0.4 is 10.4 Å². The molecule has 0 aliphatic carbocycles. The van der Waals surface area contributed by atoms with Gasteiger partial charge in [0, 0.05) is 6.08 Å². The van der Waals surface area contributed by atoms with E-state index in [1.165, 1.54) is 23.6 Å². The number of halogens is 1. The zero-order valence-electron chi connectivity index (χ0n) is 18.2. The maximum absolute atomic E-state index is 11.5. The topological polar surface area (TPSA) is 35.5 Å². The molecule has 0 unspecified atom stereocenters. The van der Waals surface area contributed by atoms with Gasteiger partial charge in [-0.25, -0.2) is 4.79 Å². The molecule has 0 aliphatic heterocycles. The van der Waals surface area contributed by atoms with Gasteiger partial charge >= 0.3 is 5.97 Å². The minimum absolute atomic E-state index is 0.0526. The lowest BCUT2D eigenvalue weighted by Gasteiger charge is -2.45. The van der Waals surface area contributed by atoms with Crippen LogP contribution in [0.15, 0.2) is 83.0 Å². The molecule has 0 saturated heterocycles. The Morgan fingerprint density at radius 1 is 0.967 bits per heavy atom. The predicted molar refractivity (Wildman–Crippen MR) is 136 cm³/mol. The van der Waals surface area contributed by atoms with E-state index in [0.717, 1.165) is 6.42 Å². The summed E-state index contributed by atoms with van der Waals surface area (Å²) in [6, 6.07) is 21.2. The van der Waals surface area contributed by atoms with Gasteiger partial charge in [0.25, 0.3) is 8.32 Å². The number of carbonyl (C=O) groups is 1. The second kappa shape index (κ2) is 11.6. The van der Waals surface area contributed by atoms with Crippen molar-refractivity contribution < 1.29 is 14.0 Å². The highest BCUT2D eigenvalue weighted by Gasteiger charge is 2.51. The van der Waals surface area contributed by atoms with Gasteiger partial charge in [-0.3, -0.25) is 0 Å². The predicted octanol–water partition coefficient (Wildman–Crippen LogP) is 5.39. The Morgan fingerprint density at radius 3 is 1.90 bits per heavy atom. The van der Waals surface area contributed by atoms with Gasteiger partial charge in [0.2, 0.25) is 0 Å². The SMILES string of the molecule is COC(=O)/C=C/C[C@@H](C/C=C/I)O[Si](c1ccccc1)(c1ccccc1)C(C)(C)C. The minimum atomic E-state index is -2.63. The van der Waals surface area contributed by atoms with Crippen LogP contribution >= 0.6 is 22.6 Å². The molecule has 0 N–H and O–H groups in total. The highest BCUT2D eigenvalue weighted by Crippen LogP contribution is 2.38. The molecule has 0 aromatic heterocycles. The van der Waals surface area contributed by atoms with Crippen LogP contribution in [0.3, 0.4) is 0 Å². The van der Waals surface area contributed by atoms with E-state index in [1.807, 2.05) is 22.3 Å². The molecule has 5 heteroatoms. The molecule has 3 nitrogen and oxygen atoms in total. The van der Waals surface area contributed by atoms with Crippen LogP contribution in [-0.4, -0.2) is 27.5 Å². The van der Waals surface area contributed by atoms with E-state index in [2.05, 4.69) is 98.0 Å². The van der Waals surface area contributed by atoms with Crippen molar-refractivity contribution in [1.29, 1.82) is 0 Å². The van der Waals surface area contributed by atoms with Crippen molar-refractivity contribution in [2.45, 2.75) is 44.8 Å². The van der Waals surface area contributed by atoms with Crippen LogP contribution in [0.4, 0.5) is 0 Å². The third-order valence-electron chi connectivity index (χ3n) is 5.10. The maximum atomic E-state index is 11.5. The second-order valence-electron chi connectivity index (χ2n) is 8.16. The van der Waals surface area contributed by atoms with Crippen molar-refractivity contribution in [3.05, 3.63) is 83.0 Å². The summed E-state index contributed by atoms with van der Waals surface area (Å²) >= 11 is 2.23. The minimum Gasteiger partial charge on any atom is -0.466 e. The van der Waals surface area contributed by atoms with Crippen LogP contribution in [0.5, 0.6) is 0 Å². The first-order chi connectivity index (χ1) is 14.3. The van der Waals surface area contributed by atoms with Gasteiger partial charge in [-0.1, -0.05) is 116 Å². The van der Waals surface area contributed by atoms with E-state index >= 15 is 0 Å². The van der Waals surface area contributed by atoms with Crippen LogP contribution in [-0.2, 0) is 14.0 Å². The van der Waals surface area contributed by atoms with Crippen molar-refractivity contribution >= 4 is 47.3 Å². The lowest BCUT2D eigenvalue weighted by atomic mass is 10.2. The van der Waals surface area contributed by atoms with Gasteiger partial charge in [-0.15, -0.1) is 0 Å². The summed E-state index contributed by atoms with van der Waals surface area (Å²) in [6.45, 7) is 6.82. The second-order valence-corrected chi connectivity index (χ2v) is 13.1. The van der Waals surface area contributed by atoms with Crippen molar-refractivity contribution in [2.75, 3.05) is 7.11 Å². The Hall–Kier alpha value is -1.70. The first kappa shape index (κ1) is 24.6. The van der Waals surface area contributed by atoms with Gasteiger partial charge in [-0.2, -0.15) is 0 Å². The molecule has 0 heterocycles. The fraction of sp³-hybridized carbons (Fsp3) is 0.320. The van der Waals surface area contributed by atoms with Gasteiger partial charge in [-0.05, 0) is 32.3 Å². The summed E-state index contributed by atoms with van der Waals surface area (Å²) in [6.07, 6.45) is 6.82. The van der Waals surface area contributed by atoms with Crippen molar-refractivity contribution in [3.63, 3.8) is 0 Å². The van der Waals surface area contributed by atoms with Crippen LogP contribution in [0.25, 0.3) is 0 Å². The normalized spacial score (nSPS) is 13.6. The molecule has 0 bridgehead atoms. The molecular weight excluding hydrogens is 503 g/mol. The summed E-state index contributed by atoms with van der Waals surface area (Å²) in [5.41, 5.74) is 0. The monoisotopic (exact) mass is 534 g/mol. The molecule has 0 aliphatic rings. The summed E-state index contributed by atoms with van der Waals surface area (Å²) in [5.74, 6) is -0.344. The van der Waals surface area contributed by atoms with Crippen LogP contribution in [0, 0.1) is 0 Å². The third kappa shape index (κ3) is 6.15. The number of benzene rings is 2. The molecule has 0 spiro atoms. The summed E-state index contributed by atoms with van der Waals surface area (Å²) in [7, 11) is -1.24. The summed E-state index contributed by atoms with van der Waals surface area (Å²) in [5, 5.41) is 2.42. The number of hydrogen-bond donors (Lipinski definition) is 0. The molecule has 160 valence electrons. The van der Waals surface area contributed by atoms with Crippen LogP contribution in [0.1, 0.15) is 33.6 Å². The molecule has 1 atom stereocenters. The number of rotatable bonds is 9. The maximum Gasteiger partial charge on any atom is 0.330 e. The largest absolute Gasteiger partial charge is 0.466 e. The van der Waals surface area contributed by atoms with E-state index in [9.17, 15) is 4.79 Å². The fourth-order valence-electron chi connectivity index (χ4n) is 3.72. The lowest BCUT2D eigenvalue weighted by molar-refractivity contribution is -0.134. The number of carbonyl (C=O) groups excluding carboxylic acids is 1. The molecular formula is C25H31IO3Si. The Labute approximate surface area is 195 Å². The molecule has 2 aromatic carbocycles. The lowest BCUT2D eigenvalue weighted by Crippen LogP contribution is -2.67. The quantitative estimate of drug-likeness (QED) is 0.187. The van der Waals surface area contributed by atoms with E-state index in [1.54, 1.807) is 0 Å². The van der Waals surface area contributed by atoms with E-state index in [0.29, 0.717) is 6.42 Å².